The summed E-state index contributed by atoms with van der Waals surface area (Å²) in [6, 6.07) is 10.6. The minimum absolute atomic E-state index is 0.0832. The monoisotopic (exact) mass is 626 g/mol. The van der Waals surface area contributed by atoms with Gasteiger partial charge in [-0.1, -0.05) is 18.2 Å². The number of nitrogens with one attached hydrogen (secondary N) is 2. The average molecular weight is 627 g/mol. The molecule has 0 bridgehead atoms. The molecule has 13 heteroatoms. The van der Waals surface area contributed by atoms with Gasteiger partial charge in [0.2, 0.25) is 5.95 Å². The van der Waals surface area contributed by atoms with E-state index in [4.69, 9.17) is 0 Å². The summed E-state index contributed by atoms with van der Waals surface area (Å²) in [7, 11) is 0. The Bertz CT molecular complexity index is 1630. The van der Waals surface area contributed by atoms with Gasteiger partial charge in [0.1, 0.15) is 10.7 Å². The van der Waals surface area contributed by atoms with Crippen LogP contribution in [0.3, 0.4) is 0 Å². The highest BCUT2D eigenvalue weighted by molar-refractivity contribution is 7.09. The number of aromatic nitrogens is 3. The van der Waals surface area contributed by atoms with Gasteiger partial charge in [-0.2, -0.15) is 17.6 Å². The minimum Gasteiger partial charge on any atom is -0.352 e. The molecule has 1 aliphatic rings. The largest absolute Gasteiger partial charge is 0.416 e. The second kappa shape index (κ2) is 13.6. The molecule has 4 aromatic rings. The lowest BCUT2D eigenvalue weighted by Gasteiger charge is -2.23. The van der Waals surface area contributed by atoms with Crippen LogP contribution in [0.2, 0.25) is 0 Å². The van der Waals surface area contributed by atoms with Crippen molar-refractivity contribution in [3.8, 4) is 11.3 Å². The summed E-state index contributed by atoms with van der Waals surface area (Å²) < 4.78 is 52.3. The standard InChI is InChI=1S/C31H30F4N6O2S/c1-19-18-44-29(39-19)26-7-3-12-41(26)30(43)25-15-22(14-24(40-25)21-8-9-27(32)38-17-21)28(42)37-11-4-10-36-16-20-5-2-6-23(13-20)31(33,34)35/h2,5-6,8-9,13-15,17-18,26,36H,3-4,7,10-12,16H2,1H3,(H,37,42)/t26-/m1/s1. The van der Waals surface area contributed by atoms with Gasteiger partial charge in [-0.15, -0.1) is 11.3 Å². The quantitative estimate of drug-likeness (QED) is 0.128. The lowest BCUT2D eigenvalue weighted by molar-refractivity contribution is -0.137. The van der Waals surface area contributed by atoms with E-state index >= 15 is 0 Å². The van der Waals surface area contributed by atoms with Crippen LogP contribution >= 0.6 is 11.3 Å². The topological polar surface area (TPSA) is 100 Å². The number of alkyl halides is 3. The first-order valence-corrected chi connectivity index (χ1v) is 15.0. The fraction of sp³-hybridized carbons (Fsp3) is 0.323. The maximum absolute atomic E-state index is 13.7. The third-order valence-electron chi connectivity index (χ3n) is 7.16. The highest BCUT2D eigenvalue weighted by Crippen LogP contribution is 2.35. The van der Waals surface area contributed by atoms with Crippen LogP contribution in [-0.2, 0) is 12.7 Å². The lowest BCUT2D eigenvalue weighted by Crippen LogP contribution is -2.32. The summed E-state index contributed by atoms with van der Waals surface area (Å²) in [5.74, 6) is -1.42. The van der Waals surface area contributed by atoms with Gasteiger partial charge in [0.15, 0.2) is 0 Å². The van der Waals surface area contributed by atoms with Crippen LogP contribution < -0.4 is 10.6 Å². The molecule has 0 unspecified atom stereocenters. The molecule has 8 nitrogen and oxygen atoms in total. The van der Waals surface area contributed by atoms with Crippen molar-refractivity contribution in [3.05, 3.63) is 99.1 Å². The van der Waals surface area contributed by atoms with E-state index < -0.39 is 23.6 Å². The molecule has 0 spiro atoms. The molecular formula is C31H30F4N6O2S. The molecule has 5 rings (SSSR count). The van der Waals surface area contributed by atoms with Crippen LogP contribution in [-0.4, -0.2) is 51.3 Å². The summed E-state index contributed by atoms with van der Waals surface area (Å²) in [5.41, 5.74) is 1.73. The fourth-order valence-electron chi connectivity index (χ4n) is 4.99. The van der Waals surface area contributed by atoms with Crippen LogP contribution in [0, 0.1) is 12.9 Å². The number of likely N-dealkylation sites (tertiary alicyclic amines) is 1. The molecule has 1 aromatic carbocycles. The van der Waals surface area contributed by atoms with Gasteiger partial charge < -0.3 is 15.5 Å². The molecule has 44 heavy (non-hydrogen) atoms. The van der Waals surface area contributed by atoms with E-state index in [1.165, 1.54) is 47.9 Å². The zero-order chi connectivity index (χ0) is 31.3. The smallest absolute Gasteiger partial charge is 0.352 e. The van der Waals surface area contributed by atoms with E-state index in [1.54, 1.807) is 11.0 Å². The molecule has 1 fully saturated rings. The number of carbonyl (C=O) groups excluding carboxylic acids is 2. The predicted octanol–water partition coefficient (Wildman–Crippen LogP) is 5.95. The Labute approximate surface area is 255 Å². The zero-order valence-corrected chi connectivity index (χ0v) is 24.6. The number of hydrogen-bond acceptors (Lipinski definition) is 7. The second-order valence-corrected chi connectivity index (χ2v) is 11.4. The number of carbonyl (C=O) groups is 2. The number of aryl methyl sites for hydroxylation is 1. The summed E-state index contributed by atoms with van der Waals surface area (Å²) in [6.07, 6.45) is -1.01. The van der Waals surface area contributed by atoms with Gasteiger partial charge in [-0.05, 0) is 68.6 Å². The summed E-state index contributed by atoms with van der Waals surface area (Å²) in [4.78, 5) is 41.4. The van der Waals surface area contributed by atoms with Crippen molar-refractivity contribution in [2.24, 2.45) is 0 Å². The van der Waals surface area contributed by atoms with Gasteiger partial charge in [0.05, 0.1) is 17.3 Å². The molecular weight excluding hydrogens is 596 g/mol. The van der Waals surface area contributed by atoms with Crippen LogP contribution in [0.4, 0.5) is 17.6 Å². The number of pyridine rings is 2. The molecule has 0 aliphatic carbocycles. The first-order valence-electron chi connectivity index (χ1n) is 14.1. The van der Waals surface area contributed by atoms with Crippen LogP contribution in [0.25, 0.3) is 11.3 Å². The van der Waals surface area contributed by atoms with Crippen molar-refractivity contribution in [2.75, 3.05) is 19.6 Å². The number of amides is 2. The molecule has 1 saturated heterocycles. The van der Waals surface area contributed by atoms with Gasteiger partial charge >= 0.3 is 6.18 Å². The second-order valence-electron chi connectivity index (χ2n) is 10.5. The third kappa shape index (κ3) is 7.64. The molecule has 0 saturated carbocycles. The molecule has 1 atom stereocenters. The van der Waals surface area contributed by atoms with Crippen molar-refractivity contribution < 1.29 is 27.2 Å². The molecule has 230 valence electrons. The van der Waals surface area contributed by atoms with E-state index in [-0.39, 0.29) is 36.3 Å². The highest BCUT2D eigenvalue weighted by atomic mass is 32.1. The third-order valence-corrected chi connectivity index (χ3v) is 8.23. The summed E-state index contributed by atoms with van der Waals surface area (Å²) in [5, 5.41) is 8.70. The van der Waals surface area contributed by atoms with Gasteiger partial charge in [0.25, 0.3) is 11.8 Å². The Morgan fingerprint density at radius 1 is 1.09 bits per heavy atom. The number of rotatable bonds is 10. The van der Waals surface area contributed by atoms with Crippen LogP contribution in [0.5, 0.6) is 0 Å². The minimum atomic E-state index is -4.40. The van der Waals surface area contributed by atoms with Crippen molar-refractivity contribution in [1.29, 1.82) is 0 Å². The number of nitrogens with zero attached hydrogens (tertiary/aromatic N) is 4. The van der Waals surface area contributed by atoms with E-state index in [0.717, 1.165) is 35.7 Å². The Hall–Kier alpha value is -4.23. The number of benzene rings is 1. The first-order chi connectivity index (χ1) is 21.1. The van der Waals surface area contributed by atoms with Gasteiger partial charge in [0, 0.05) is 48.0 Å². The Morgan fingerprint density at radius 2 is 1.93 bits per heavy atom. The fourth-order valence-corrected chi connectivity index (χ4v) is 5.94. The van der Waals surface area contributed by atoms with Gasteiger partial charge in [-0.3, -0.25) is 9.59 Å². The Balaban J connectivity index is 1.25. The molecule has 3 aromatic heterocycles. The number of hydrogen-bond donors (Lipinski definition) is 2. The van der Waals surface area contributed by atoms with Crippen LogP contribution in [0.1, 0.15) is 68.0 Å². The van der Waals surface area contributed by atoms with Crippen LogP contribution in [0.15, 0.2) is 60.1 Å². The first kappa shape index (κ1) is 31.2. The van der Waals surface area contributed by atoms with Crippen molar-refractivity contribution >= 4 is 23.2 Å². The van der Waals surface area contributed by atoms with Crippen molar-refractivity contribution in [1.82, 2.24) is 30.5 Å². The summed E-state index contributed by atoms with van der Waals surface area (Å²) >= 11 is 1.50. The predicted molar refractivity (Wildman–Crippen MR) is 157 cm³/mol. The number of thiazole rings is 1. The maximum Gasteiger partial charge on any atom is 0.416 e. The molecule has 1 aliphatic heterocycles. The molecule has 2 N–H and O–H groups in total. The summed E-state index contributed by atoms with van der Waals surface area (Å²) in [6.45, 7) is 3.42. The Morgan fingerprint density at radius 3 is 2.66 bits per heavy atom. The van der Waals surface area contributed by atoms with Crippen molar-refractivity contribution in [2.45, 2.75) is 44.9 Å². The van der Waals surface area contributed by atoms with Crippen molar-refractivity contribution in [3.63, 3.8) is 0 Å². The normalized spacial score (nSPS) is 15.0. The van der Waals surface area contributed by atoms with E-state index in [2.05, 4.69) is 25.6 Å². The van der Waals surface area contributed by atoms with Gasteiger partial charge in [-0.25, -0.2) is 15.0 Å². The number of halogens is 4. The Kier molecular flexibility index (Phi) is 9.64. The zero-order valence-electron chi connectivity index (χ0n) is 23.8. The maximum atomic E-state index is 13.7. The van der Waals surface area contributed by atoms with E-state index in [9.17, 15) is 27.2 Å². The average Bonchev–Trinajstić information content (AvgIpc) is 3.67. The van der Waals surface area contributed by atoms with E-state index in [1.807, 2.05) is 12.3 Å². The lowest BCUT2D eigenvalue weighted by atomic mass is 10.1. The highest BCUT2D eigenvalue weighted by Gasteiger charge is 2.34. The van der Waals surface area contributed by atoms with E-state index in [0.29, 0.717) is 36.3 Å². The molecule has 0 radical (unpaired) electrons. The molecule has 2 amide bonds. The molecule has 4 heterocycles. The SMILES string of the molecule is Cc1csc([C@H]2CCCN2C(=O)c2cc(C(=O)NCCCNCc3cccc(C(F)(F)F)c3)cc(-c3ccc(F)nc3)n2)n1.